The topological polar surface area (TPSA) is 62.7 Å². The van der Waals surface area contributed by atoms with Gasteiger partial charge in [-0.1, -0.05) is 11.6 Å². The van der Waals surface area contributed by atoms with E-state index in [2.05, 4.69) is 4.98 Å². The fourth-order valence-electron chi connectivity index (χ4n) is 3.79. The molecule has 1 aliphatic rings. The maximum Gasteiger partial charge on any atom is 0.254 e. The minimum Gasteiger partial charge on any atom is -0.497 e. The minimum absolute atomic E-state index is 0.0878. The third-order valence-electron chi connectivity index (χ3n) is 5.30. The molecular weight excluding hydrogens is 395 g/mol. The maximum atomic E-state index is 14.7. The van der Waals surface area contributed by atoms with Crippen LogP contribution in [0.1, 0.15) is 23.2 Å². The zero-order chi connectivity index (χ0) is 20.5. The van der Waals surface area contributed by atoms with Gasteiger partial charge in [0.25, 0.3) is 5.91 Å². The molecule has 5 nitrogen and oxygen atoms in total. The number of hydrogen-bond acceptors (Lipinski definition) is 4. The van der Waals surface area contributed by atoms with Crippen LogP contribution in [0.15, 0.2) is 42.5 Å². The predicted octanol–water partition coefficient (Wildman–Crippen LogP) is 4.30. The van der Waals surface area contributed by atoms with Crippen molar-refractivity contribution in [2.75, 3.05) is 20.3 Å². The van der Waals surface area contributed by atoms with Crippen LogP contribution in [-0.4, -0.2) is 47.2 Å². The van der Waals surface area contributed by atoms with Crippen LogP contribution >= 0.6 is 11.6 Å². The number of halogens is 2. The highest BCUT2D eigenvalue weighted by atomic mass is 35.5. The zero-order valence-corrected chi connectivity index (χ0v) is 16.6. The molecule has 150 valence electrons. The van der Waals surface area contributed by atoms with E-state index in [0.717, 1.165) is 12.8 Å². The van der Waals surface area contributed by atoms with Crippen molar-refractivity contribution in [2.24, 2.45) is 0 Å². The van der Waals surface area contributed by atoms with E-state index in [9.17, 15) is 14.3 Å². The molecule has 1 atom stereocenters. The molecular formula is C22H20ClFN2O3. The maximum absolute atomic E-state index is 14.7. The molecule has 1 N–H and O–H groups in total. The first kappa shape index (κ1) is 19.6. The molecule has 29 heavy (non-hydrogen) atoms. The number of likely N-dealkylation sites (tertiary alicyclic amines) is 1. The molecule has 0 aliphatic carbocycles. The summed E-state index contributed by atoms with van der Waals surface area (Å²) in [4.78, 5) is 19.6. The molecule has 0 bridgehead atoms. The molecule has 2 heterocycles. The molecule has 0 saturated carbocycles. The second kappa shape index (κ2) is 7.97. The Morgan fingerprint density at radius 3 is 2.86 bits per heavy atom. The molecule has 0 unspecified atom stereocenters. The molecule has 2 aromatic carbocycles. The highest BCUT2D eigenvalue weighted by molar-refractivity contribution is 6.31. The molecule has 1 aliphatic heterocycles. The Morgan fingerprint density at radius 1 is 1.31 bits per heavy atom. The quantitative estimate of drug-likeness (QED) is 0.691. The van der Waals surface area contributed by atoms with Gasteiger partial charge in [-0.2, -0.15) is 0 Å². The van der Waals surface area contributed by atoms with Crippen molar-refractivity contribution in [2.45, 2.75) is 18.9 Å². The number of ether oxygens (including phenoxy) is 1. The first-order chi connectivity index (χ1) is 14.0. The lowest BCUT2D eigenvalue weighted by molar-refractivity contribution is 0.0679. The van der Waals surface area contributed by atoms with Gasteiger partial charge in [-0.15, -0.1) is 0 Å². The van der Waals surface area contributed by atoms with Crippen molar-refractivity contribution >= 4 is 28.4 Å². The van der Waals surface area contributed by atoms with E-state index in [4.69, 9.17) is 16.3 Å². The number of aromatic nitrogens is 1. The molecule has 7 heteroatoms. The smallest absolute Gasteiger partial charge is 0.254 e. The molecule has 3 aromatic rings. The summed E-state index contributed by atoms with van der Waals surface area (Å²) in [6.45, 7) is 0.482. The van der Waals surface area contributed by atoms with Crippen LogP contribution in [0.5, 0.6) is 5.75 Å². The summed E-state index contributed by atoms with van der Waals surface area (Å²) in [5.41, 5.74) is 1.56. The number of nitrogens with zero attached hydrogens (tertiary/aromatic N) is 2. The molecule has 0 spiro atoms. The predicted molar refractivity (Wildman–Crippen MR) is 110 cm³/mol. The summed E-state index contributed by atoms with van der Waals surface area (Å²) in [6.07, 6.45) is 1.59. The van der Waals surface area contributed by atoms with E-state index >= 15 is 0 Å². The van der Waals surface area contributed by atoms with E-state index < -0.39 is 5.82 Å². The van der Waals surface area contributed by atoms with E-state index in [1.807, 2.05) is 0 Å². The number of aliphatic hydroxyl groups is 1. The average Bonchev–Trinajstić information content (AvgIpc) is 3.21. The summed E-state index contributed by atoms with van der Waals surface area (Å²) < 4.78 is 19.7. The number of carbonyl (C=O) groups excluding carboxylic acids is 1. The van der Waals surface area contributed by atoms with Gasteiger partial charge < -0.3 is 14.7 Å². The summed E-state index contributed by atoms with van der Waals surface area (Å²) in [5, 5.41) is 10.7. The van der Waals surface area contributed by atoms with Crippen LogP contribution in [0, 0.1) is 5.82 Å². The third-order valence-corrected chi connectivity index (χ3v) is 5.54. The molecule has 1 amide bonds. The number of methoxy groups -OCH3 is 1. The minimum atomic E-state index is -0.488. The SMILES string of the molecule is COc1ccc(-c2cc(C(=O)N3CCC[C@H]3CO)c3cc(Cl)ccc3n2)c(F)c1. The van der Waals surface area contributed by atoms with Gasteiger partial charge in [-0.25, -0.2) is 9.37 Å². The van der Waals surface area contributed by atoms with Gasteiger partial charge in [0.2, 0.25) is 0 Å². The van der Waals surface area contributed by atoms with Crippen LogP contribution < -0.4 is 4.74 Å². The number of amides is 1. The monoisotopic (exact) mass is 414 g/mol. The fourth-order valence-corrected chi connectivity index (χ4v) is 3.96. The lowest BCUT2D eigenvalue weighted by Gasteiger charge is -2.24. The van der Waals surface area contributed by atoms with Crippen LogP contribution in [0.2, 0.25) is 5.02 Å². The Morgan fingerprint density at radius 2 is 2.14 bits per heavy atom. The van der Waals surface area contributed by atoms with E-state index in [1.165, 1.54) is 13.2 Å². The number of hydrogen-bond donors (Lipinski definition) is 1. The van der Waals surface area contributed by atoms with Crippen LogP contribution in [0.3, 0.4) is 0 Å². The molecule has 0 radical (unpaired) electrons. The van der Waals surface area contributed by atoms with Crippen LogP contribution in [0.25, 0.3) is 22.2 Å². The van der Waals surface area contributed by atoms with E-state index in [0.29, 0.717) is 39.5 Å². The number of aliphatic hydroxyl groups excluding tert-OH is 1. The molecule has 1 aromatic heterocycles. The van der Waals surface area contributed by atoms with Gasteiger partial charge in [0.05, 0.1) is 36.5 Å². The fraction of sp³-hybridized carbons (Fsp3) is 0.273. The van der Waals surface area contributed by atoms with Gasteiger partial charge in [-0.05, 0) is 49.2 Å². The Kier molecular flexibility index (Phi) is 5.39. The number of fused-ring (bicyclic) bond motifs is 1. The summed E-state index contributed by atoms with van der Waals surface area (Å²) in [6, 6.07) is 11.0. The van der Waals surface area contributed by atoms with E-state index in [-0.39, 0.29) is 24.1 Å². The lowest BCUT2D eigenvalue weighted by atomic mass is 10.0. The first-order valence-electron chi connectivity index (χ1n) is 9.38. The van der Waals surface area contributed by atoms with Crippen molar-refractivity contribution in [3.05, 3.63) is 58.9 Å². The Balaban J connectivity index is 1.88. The number of rotatable bonds is 4. The summed E-state index contributed by atoms with van der Waals surface area (Å²) in [5.74, 6) is -0.303. The second-order valence-electron chi connectivity index (χ2n) is 7.04. The van der Waals surface area contributed by atoms with Crippen LogP contribution in [-0.2, 0) is 0 Å². The van der Waals surface area contributed by atoms with Gasteiger partial charge >= 0.3 is 0 Å². The normalized spacial score (nSPS) is 16.4. The van der Waals surface area contributed by atoms with Crippen molar-refractivity contribution in [3.63, 3.8) is 0 Å². The van der Waals surface area contributed by atoms with Gasteiger partial charge in [0, 0.05) is 28.6 Å². The number of pyridine rings is 1. The largest absolute Gasteiger partial charge is 0.497 e. The molecule has 4 rings (SSSR count). The van der Waals surface area contributed by atoms with Crippen molar-refractivity contribution in [3.8, 4) is 17.0 Å². The van der Waals surface area contributed by atoms with Crippen molar-refractivity contribution in [1.29, 1.82) is 0 Å². The lowest BCUT2D eigenvalue weighted by Crippen LogP contribution is -2.37. The summed E-state index contributed by atoms with van der Waals surface area (Å²) in [7, 11) is 1.47. The average molecular weight is 415 g/mol. The Labute approximate surface area is 172 Å². The summed E-state index contributed by atoms with van der Waals surface area (Å²) >= 11 is 6.16. The molecule has 1 fully saturated rings. The highest BCUT2D eigenvalue weighted by Gasteiger charge is 2.30. The number of benzene rings is 2. The highest BCUT2D eigenvalue weighted by Crippen LogP contribution is 2.31. The Hall–Kier alpha value is -2.70. The standard InChI is InChI=1S/C22H20ClFN2O3/c1-29-15-5-6-16(19(24)10-15)21-11-18(17-9-13(23)4-7-20(17)25-21)22(28)26-8-2-3-14(26)12-27/h4-7,9-11,14,27H,2-3,8,12H2,1H3/t14-/m0/s1. The van der Waals surface area contributed by atoms with Crippen molar-refractivity contribution < 1.29 is 19.0 Å². The van der Waals surface area contributed by atoms with Crippen molar-refractivity contribution in [1.82, 2.24) is 9.88 Å². The number of carbonyl (C=O) groups is 1. The van der Waals surface area contributed by atoms with Gasteiger partial charge in [0.15, 0.2) is 0 Å². The second-order valence-corrected chi connectivity index (χ2v) is 7.48. The van der Waals surface area contributed by atoms with E-state index in [1.54, 1.807) is 41.3 Å². The first-order valence-corrected chi connectivity index (χ1v) is 9.75. The van der Waals surface area contributed by atoms with Gasteiger partial charge in [0.1, 0.15) is 11.6 Å². The Bertz CT molecular complexity index is 1090. The van der Waals surface area contributed by atoms with Crippen LogP contribution in [0.4, 0.5) is 4.39 Å². The molecule has 1 saturated heterocycles. The van der Waals surface area contributed by atoms with Gasteiger partial charge in [-0.3, -0.25) is 4.79 Å². The third kappa shape index (κ3) is 3.66. The zero-order valence-electron chi connectivity index (χ0n) is 15.9.